The van der Waals surface area contributed by atoms with E-state index in [9.17, 15) is 9.59 Å². The number of amides is 1. The van der Waals surface area contributed by atoms with E-state index >= 15 is 0 Å². The van der Waals surface area contributed by atoms with Gasteiger partial charge in [-0.2, -0.15) is 0 Å². The first-order valence-electron chi connectivity index (χ1n) is 8.57. The first-order valence-corrected chi connectivity index (χ1v) is 9.62. The van der Waals surface area contributed by atoms with Gasteiger partial charge in [0.05, 0.1) is 18.4 Å². The Bertz CT molecular complexity index is 1060. The van der Waals surface area contributed by atoms with Crippen molar-refractivity contribution in [3.8, 4) is 0 Å². The van der Waals surface area contributed by atoms with Crippen LogP contribution in [0.5, 0.6) is 0 Å². The van der Waals surface area contributed by atoms with Crippen molar-refractivity contribution in [2.75, 3.05) is 23.5 Å². The van der Waals surface area contributed by atoms with Crippen molar-refractivity contribution in [1.82, 2.24) is 4.98 Å². The summed E-state index contributed by atoms with van der Waals surface area (Å²) in [6, 6.07) is 14.5. The van der Waals surface area contributed by atoms with Crippen LogP contribution in [-0.4, -0.2) is 35.2 Å². The van der Waals surface area contributed by atoms with Gasteiger partial charge in [-0.15, -0.1) is 5.11 Å². The lowest BCUT2D eigenvalue weighted by molar-refractivity contribution is -0.537. The van der Waals surface area contributed by atoms with Crippen molar-refractivity contribution in [2.24, 2.45) is 5.11 Å². The Labute approximate surface area is 164 Å². The number of ether oxygens (including phenoxy) is 1. The number of hydrogen-bond donors (Lipinski definition) is 4. The highest BCUT2D eigenvalue weighted by Gasteiger charge is 2.25. The van der Waals surface area contributed by atoms with Crippen LogP contribution >= 0.6 is 11.8 Å². The molecule has 0 spiro atoms. The number of aromatic nitrogens is 1. The smallest absolute Gasteiger partial charge is 0.337 e. The molecule has 0 bridgehead atoms. The van der Waals surface area contributed by atoms with E-state index in [4.69, 9.17) is 0 Å². The van der Waals surface area contributed by atoms with E-state index in [1.165, 1.54) is 18.9 Å². The number of para-hydroxylation sites is 1. The largest absolute Gasteiger partial charge is 0.465 e. The molecule has 1 aliphatic heterocycles. The number of H-pyrrole nitrogens is 1. The lowest BCUT2D eigenvalue weighted by atomic mass is 10.2. The second-order valence-electron chi connectivity index (χ2n) is 6.09. The monoisotopic (exact) mass is 396 g/mol. The molecule has 0 radical (unpaired) electrons. The van der Waals surface area contributed by atoms with Gasteiger partial charge in [-0.25, -0.2) is 4.79 Å². The third-order valence-electron chi connectivity index (χ3n) is 4.22. The Hall–Kier alpha value is -3.33. The highest BCUT2D eigenvalue weighted by atomic mass is 32.2. The van der Waals surface area contributed by atoms with Gasteiger partial charge in [-0.3, -0.25) is 4.79 Å². The van der Waals surface area contributed by atoms with Crippen molar-refractivity contribution in [3.63, 3.8) is 0 Å². The number of hydrogen-bond acceptors (Lipinski definition) is 6. The maximum atomic E-state index is 12.2. The number of methoxy groups -OCH3 is 1. The molecule has 8 nitrogen and oxygen atoms in total. The summed E-state index contributed by atoms with van der Waals surface area (Å²) < 4.78 is 4.65. The molecule has 0 saturated carbocycles. The van der Waals surface area contributed by atoms with Gasteiger partial charge in [0.25, 0.3) is 5.50 Å². The van der Waals surface area contributed by atoms with Gasteiger partial charge >= 0.3 is 5.97 Å². The molecule has 2 heterocycles. The predicted octanol–water partition coefficient (Wildman–Crippen LogP) is 2.20. The van der Waals surface area contributed by atoms with Gasteiger partial charge in [-0.05, 0) is 35.4 Å². The molecule has 1 aromatic heterocycles. The molecule has 2 aromatic carbocycles. The van der Waals surface area contributed by atoms with Gasteiger partial charge in [0.15, 0.2) is 5.69 Å². The summed E-state index contributed by atoms with van der Waals surface area (Å²) in [6.45, 7) is 0. The Morgan fingerprint density at radius 3 is 2.79 bits per heavy atom. The molecule has 142 valence electrons. The molecule has 9 heteroatoms. The minimum absolute atomic E-state index is 0.151. The highest BCUT2D eigenvalue weighted by Crippen LogP contribution is 2.35. The van der Waals surface area contributed by atoms with Gasteiger partial charge in [-0.1, -0.05) is 30.0 Å². The van der Waals surface area contributed by atoms with Gasteiger partial charge in [0.1, 0.15) is 5.82 Å². The molecule has 0 aliphatic carbocycles. The Morgan fingerprint density at radius 2 is 2.00 bits per heavy atom. The van der Waals surface area contributed by atoms with Gasteiger partial charge < -0.3 is 20.4 Å². The number of rotatable bonds is 5. The lowest BCUT2D eigenvalue weighted by Gasteiger charge is -2.12. The van der Waals surface area contributed by atoms with Crippen LogP contribution < -0.4 is 15.7 Å². The number of nitrogens with one attached hydrogen (secondary N) is 4. The minimum atomic E-state index is -0.414. The number of fused-ring (bicyclic) bond motifs is 3. The number of anilines is 2. The van der Waals surface area contributed by atoms with E-state index in [2.05, 4.69) is 30.6 Å². The van der Waals surface area contributed by atoms with Crippen LogP contribution in [0, 0.1) is 0 Å². The third kappa shape index (κ3) is 3.70. The van der Waals surface area contributed by atoms with E-state index in [1.807, 2.05) is 24.3 Å². The number of azo groups is 1. The van der Waals surface area contributed by atoms with E-state index in [-0.39, 0.29) is 17.2 Å². The fraction of sp³-hybridized carbons (Fsp3) is 0.158. The molecular weight excluding hydrogens is 378 g/mol. The summed E-state index contributed by atoms with van der Waals surface area (Å²) in [7, 11) is 1.33. The molecular formula is C19H18N5O3S+. The number of benzene rings is 2. The van der Waals surface area contributed by atoms with Crippen LogP contribution in [0.1, 0.15) is 10.4 Å². The zero-order valence-corrected chi connectivity index (χ0v) is 15.8. The predicted molar refractivity (Wildman–Crippen MR) is 108 cm³/mol. The summed E-state index contributed by atoms with van der Waals surface area (Å²) in [5.41, 5.74) is 2.66. The van der Waals surface area contributed by atoms with Gasteiger partial charge in [0, 0.05) is 16.6 Å². The SMILES string of the molecule is COC(=O)c1ccc(NC(=O)CS[C@H]2Nc3[nH]c4ccccc4c3N=[NH+]2)cc1. The number of carbonyl (C=O) groups excluding carboxylic acids is 2. The van der Waals surface area contributed by atoms with Crippen LogP contribution in [0.2, 0.25) is 0 Å². The molecule has 0 fully saturated rings. The summed E-state index contributed by atoms with van der Waals surface area (Å²) in [6.07, 6.45) is 0. The van der Waals surface area contributed by atoms with Crippen LogP contribution in [0.4, 0.5) is 17.2 Å². The topological polar surface area (TPSA) is 110 Å². The van der Waals surface area contributed by atoms with E-state index < -0.39 is 5.97 Å². The highest BCUT2D eigenvalue weighted by molar-refractivity contribution is 8.00. The van der Waals surface area contributed by atoms with Crippen molar-refractivity contribution in [2.45, 2.75) is 5.50 Å². The number of carbonyl (C=O) groups is 2. The van der Waals surface area contributed by atoms with Crippen LogP contribution in [-0.2, 0) is 9.53 Å². The van der Waals surface area contributed by atoms with Crippen LogP contribution in [0.25, 0.3) is 10.9 Å². The lowest BCUT2D eigenvalue weighted by Crippen LogP contribution is -2.76. The van der Waals surface area contributed by atoms with Crippen molar-refractivity contribution in [1.29, 1.82) is 0 Å². The van der Waals surface area contributed by atoms with Gasteiger partial charge in [0.2, 0.25) is 5.91 Å². The molecule has 4 rings (SSSR count). The van der Waals surface area contributed by atoms with E-state index in [1.54, 1.807) is 24.3 Å². The number of esters is 1. The normalized spacial score (nSPS) is 15.0. The van der Waals surface area contributed by atoms with Crippen molar-refractivity contribution < 1.29 is 19.4 Å². The molecule has 1 aliphatic rings. The Morgan fingerprint density at radius 1 is 1.21 bits per heavy atom. The summed E-state index contributed by atoms with van der Waals surface area (Å²) in [5, 5.41) is 14.6. The van der Waals surface area contributed by atoms with Crippen molar-refractivity contribution >= 4 is 51.7 Å². The minimum Gasteiger partial charge on any atom is -0.465 e. The quantitative estimate of drug-likeness (QED) is 0.494. The average Bonchev–Trinajstić information content (AvgIpc) is 3.10. The zero-order chi connectivity index (χ0) is 19.5. The second-order valence-corrected chi connectivity index (χ2v) is 7.18. The Kier molecular flexibility index (Phi) is 4.98. The summed E-state index contributed by atoms with van der Waals surface area (Å²) in [5.74, 6) is 0.496. The number of thioether (sulfide) groups is 1. The molecule has 1 amide bonds. The first kappa shape index (κ1) is 18.1. The molecule has 4 N–H and O–H groups in total. The second kappa shape index (κ2) is 7.73. The summed E-state index contributed by atoms with van der Waals surface area (Å²) in [4.78, 5) is 26.9. The van der Waals surface area contributed by atoms with Crippen LogP contribution in [0.15, 0.2) is 53.6 Å². The number of aromatic amines is 1. The zero-order valence-electron chi connectivity index (χ0n) is 15.0. The maximum absolute atomic E-state index is 12.2. The van der Waals surface area contributed by atoms with E-state index in [0.717, 1.165) is 22.4 Å². The Balaban J connectivity index is 1.32. The fourth-order valence-electron chi connectivity index (χ4n) is 2.88. The molecule has 0 unspecified atom stereocenters. The third-order valence-corrected chi connectivity index (χ3v) is 5.20. The molecule has 1 atom stereocenters. The first-order chi connectivity index (χ1) is 13.6. The number of nitrogens with zero attached hydrogens (tertiary/aromatic N) is 1. The standard InChI is InChI=1S/C19H17N5O3S/c1-27-18(26)11-6-8-12(9-7-11)20-15(25)10-28-19-22-17-16(23-24-19)13-4-2-3-5-14(13)21-17/h2-9,19,21-22H,10H2,1H3,(H,20,25)/p+1/t19-/m0/s1. The van der Waals surface area contributed by atoms with Crippen LogP contribution in [0.3, 0.4) is 0 Å². The van der Waals surface area contributed by atoms with E-state index in [0.29, 0.717) is 11.3 Å². The molecule has 3 aromatic rings. The van der Waals surface area contributed by atoms with Crippen molar-refractivity contribution in [3.05, 3.63) is 54.1 Å². The fourth-order valence-corrected chi connectivity index (χ4v) is 3.60. The average molecular weight is 396 g/mol. The summed E-state index contributed by atoms with van der Waals surface area (Å²) >= 11 is 1.39. The molecule has 28 heavy (non-hydrogen) atoms. The maximum Gasteiger partial charge on any atom is 0.337 e. The molecule has 0 saturated heterocycles.